The van der Waals surface area contributed by atoms with Gasteiger partial charge in [-0.2, -0.15) is 5.26 Å². The molecule has 0 aliphatic carbocycles. The van der Waals surface area contributed by atoms with E-state index in [1.54, 1.807) is 18.2 Å². The van der Waals surface area contributed by atoms with Crippen molar-refractivity contribution in [1.29, 1.82) is 5.26 Å². The fourth-order valence-corrected chi connectivity index (χ4v) is 1.40. The number of methoxy groups -OCH3 is 1. The number of benzene rings is 1. The van der Waals surface area contributed by atoms with Gasteiger partial charge in [-0.15, -0.1) is 0 Å². The van der Waals surface area contributed by atoms with E-state index < -0.39 is 0 Å². The predicted octanol–water partition coefficient (Wildman–Crippen LogP) is 1.91. The molecule has 78 valence electrons. The van der Waals surface area contributed by atoms with E-state index in [1.807, 2.05) is 6.07 Å². The highest BCUT2D eigenvalue weighted by atomic mass is 79.9. The summed E-state index contributed by atoms with van der Waals surface area (Å²) >= 11 is 3.26. The quantitative estimate of drug-likeness (QED) is 0.911. The zero-order valence-electron chi connectivity index (χ0n) is 8.08. The van der Waals surface area contributed by atoms with Crippen LogP contribution in [0.25, 0.3) is 0 Å². The van der Waals surface area contributed by atoms with Crippen LogP contribution in [0.15, 0.2) is 22.7 Å². The molecule has 1 amide bonds. The van der Waals surface area contributed by atoms with Crippen LogP contribution in [-0.2, 0) is 9.53 Å². The number of hydrogen-bond donors (Lipinski definition) is 1. The van der Waals surface area contributed by atoms with Crippen molar-refractivity contribution in [1.82, 2.24) is 0 Å². The summed E-state index contributed by atoms with van der Waals surface area (Å²) < 4.78 is 5.47. The zero-order chi connectivity index (χ0) is 11.3. The maximum absolute atomic E-state index is 11.2. The van der Waals surface area contributed by atoms with E-state index in [4.69, 9.17) is 5.26 Å². The van der Waals surface area contributed by atoms with Crippen molar-refractivity contribution in [3.05, 3.63) is 28.2 Å². The van der Waals surface area contributed by atoms with Crippen LogP contribution in [0.2, 0.25) is 0 Å². The highest BCUT2D eigenvalue weighted by molar-refractivity contribution is 9.10. The molecule has 1 N–H and O–H groups in total. The van der Waals surface area contributed by atoms with Crippen LogP contribution in [0.1, 0.15) is 5.56 Å². The van der Waals surface area contributed by atoms with Crippen molar-refractivity contribution in [2.75, 3.05) is 19.0 Å². The summed E-state index contributed by atoms with van der Waals surface area (Å²) in [6, 6.07) is 7.04. The van der Waals surface area contributed by atoms with Gasteiger partial charge in [0.05, 0.1) is 11.3 Å². The second kappa shape index (κ2) is 5.49. The molecule has 0 aromatic heterocycles. The SMILES string of the molecule is COCC(=O)Nc1cc(Br)ccc1C#N. The number of nitriles is 1. The molecule has 0 bridgehead atoms. The van der Waals surface area contributed by atoms with E-state index in [0.717, 1.165) is 4.47 Å². The fraction of sp³-hybridized carbons (Fsp3) is 0.200. The molecular formula is C10H9BrN2O2. The molecule has 1 aromatic rings. The molecule has 0 saturated heterocycles. The minimum absolute atomic E-state index is 0.0304. The first-order chi connectivity index (χ1) is 7.17. The first kappa shape index (κ1) is 11.7. The summed E-state index contributed by atoms with van der Waals surface area (Å²) in [5.41, 5.74) is 0.900. The minimum atomic E-state index is -0.285. The Hall–Kier alpha value is -1.38. The Morgan fingerprint density at radius 1 is 1.67 bits per heavy atom. The van der Waals surface area contributed by atoms with Crippen LogP contribution >= 0.6 is 15.9 Å². The molecule has 0 heterocycles. The molecule has 0 unspecified atom stereocenters. The van der Waals surface area contributed by atoms with E-state index in [-0.39, 0.29) is 12.5 Å². The van der Waals surface area contributed by atoms with Gasteiger partial charge in [-0.3, -0.25) is 4.79 Å². The van der Waals surface area contributed by atoms with Gasteiger partial charge in [-0.25, -0.2) is 0 Å². The van der Waals surface area contributed by atoms with Crippen LogP contribution in [0.3, 0.4) is 0 Å². The largest absolute Gasteiger partial charge is 0.375 e. The molecule has 0 aliphatic rings. The first-order valence-corrected chi connectivity index (χ1v) is 4.95. The third-order valence-electron chi connectivity index (χ3n) is 1.65. The lowest BCUT2D eigenvalue weighted by molar-refractivity contribution is -0.119. The van der Waals surface area contributed by atoms with Crippen molar-refractivity contribution in [3.8, 4) is 6.07 Å². The number of nitrogens with zero attached hydrogens (tertiary/aromatic N) is 1. The van der Waals surface area contributed by atoms with Crippen molar-refractivity contribution in [2.45, 2.75) is 0 Å². The third-order valence-corrected chi connectivity index (χ3v) is 2.14. The van der Waals surface area contributed by atoms with E-state index in [9.17, 15) is 4.79 Å². The Kier molecular flexibility index (Phi) is 4.28. The zero-order valence-corrected chi connectivity index (χ0v) is 9.67. The molecule has 5 heteroatoms. The van der Waals surface area contributed by atoms with Crippen LogP contribution in [0.4, 0.5) is 5.69 Å². The van der Waals surface area contributed by atoms with Crippen LogP contribution in [0, 0.1) is 11.3 Å². The van der Waals surface area contributed by atoms with Crippen LogP contribution < -0.4 is 5.32 Å². The summed E-state index contributed by atoms with van der Waals surface area (Å²) in [6.45, 7) is -0.0304. The number of anilines is 1. The average molecular weight is 269 g/mol. The number of rotatable bonds is 3. The minimum Gasteiger partial charge on any atom is -0.375 e. The number of carbonyl (C=O) groups is 1. The van der Waals surface area contributed by atoms with Gasteiger partial charge in [0.1, 0.15) is 12.7 Å². The van der Waals surface area contributed by atoms with Gasteiger partial charge in [0, 0.05) is 11.6 Å². The maximum Gasteiger partial charge on any atom is 0.250 e. The summed E-state index contributed by atoms with van der Waals surface area (Å²) in [6.07, 6.45) is 0. The van der Waals surface area contributed by atoms with E-state index in [0.29, 0.717) is 11.3 Å². The Labute approximate surface area is 96.0 Å². The number of carbonyl (C=O) groups excluding carboxylic acids is 1. The second-order valence-corrected chi connectivity index (χ2v) is 3.70. The summed E-state index contributed by atoms with van der Waals surface area (Å²) in [4.78, 5) is 11.2. The molecule has 15 heavy (non-hydrogen) atoms. The maximum atomic E-state index is 11.2. The molecule has 0 aliphatic heterocycles. The summed E-state index contributed by atoms with van der Waals surface area (Å²) in [5.74, 6) is -0.285. The Bertz CT molecular complexity index is 412. The van der Waals surface area contributed by atoms with Gasteiger partial charge in [0.25, 0.3) is 0 Å². The average Bonchev–Trinajstić information content (AvgIpc) is 2.18. The highest BCUT2D eigenvalue weighted by Crippen LogP contribution is 2.20. The number of nitrogens with one attached hydrogen (secondary N) is 1. The fourth-order valence-electron chi connectivity index (χ4n) is 1.03. The van der Waals surface area contributed by atoms with Crippen molar-refractivity contribution < 1.29 is 9.53 Å². The normalized spacial score (nSPS) is 9.40. The Morgan fingerprint density at radius 3 is 3.00 bits per heavy atom. The van der Waals surface area contributed by atoms with Crippen molar-refractivity contribution >= 4 is 27.5 Å². The number of ether oxygens (including phenoxy) is 1. The smallest absolute Gasteiger partial charge is 0.250 e. The van der Waals surface area contributed by atoms with Crippen LogP contribution in [0.5, 0.6) is 0 Å². The van der Waals surface area contributed by atoms with Crippen molar-refractivity contribution in [2.24, 2.45) is 0 Å². The molecule has 0 fully saturated rings. The van der Waals surface area contributed by atoms with E-state index in [1.165, 1.54) is 7.11 Å². The lowest BCUT2D eigenvalue weighted by Crippen LogP contribution is -2.17. The van der Waals surface area contributed by atoms with Crippen molar-refractivity contribution in [3.63, 3.8) is 0 Å². The lowest BCUT2D eigenvalue weighted by atomic mass is 10.2. The molecule has 0 atom stereocenters. The molecule has 1 aromatic carbocycles. The van der Waals surface area contributed by atoms with E-state index >= 15 is 0 Å². The Morgan fingerprint density at radius 2 is 2.40 bits per heavy atom. The van der Waals surface area contributed by atoms with Gasteiger partial charge in [0.15, 0.2) is 0 Å². The summed E-state index contributed by atoms with van der Waals surface area (Å²) in [7, 11) is 1.44. The second-order valence-electron chi connectivity index (χ2n) is 2.78. The topological polar surface area (TPSA) is 62.1 Å². The third kappa shape index (κ3) is 3.35. The molecule has 0 spiro atoms. The summed E-state index contributed by atoms with van der Waals surface area (Å²) in [5, 5.41) is 11.4. The number of halogens is 1. The molecule has 1 rings (SSSR count). The van der Waals surface area contributed by atoms with E-state index in [2.05, 4.69) is 26.0 Å². The number of hydrogen-bond acceptors (Lipinski definition) is 3. The predicted molar refractivity (Wildman–Crippen MR) is 59.4 cm³/mol. The van der Waals surface area contributed by atoms with Gasteiger partial charge < -0.3 is 10.1 Å². The molecule has 0 radical (unpaired) electrons. The standard InChI is InChI=1S/C10H9BrN2O2/c1-15-6-10(14)13-9-4-8(11)3-2-7(9)5-12/h2-4H,6H2,1H3,(H,13,14). The van der Waals surface area contributed by atoms with Gasteiger partial charge in [-0.05, 0) is 18.2 Å². The molecule has 4 nitrogen and oxygen atoms in total. The first-order valence-electron chi connectivity index (χ1n) is 4.16. The lowest BCUT2D eigenvalue weighted by Gasteiger charge is -2.06. The Balaban J connectivity index is 2.88. The van der Waals surface area contributed by atoms with Gasteiger partial charge in [-0.1, -0.05) is 15.9 Å². The van der Waals surface area contributed by atoms with Crippen LogP contribution in [-0.4, -0.2) is 19.6 Å². The van der Waals surface area contributed by atoms with Gasteiger partial charge in [0.2, 0.25) is 5.91 Å². The monoisotopic (exact) mass is 268 g/mol. The molecule has 0 saturated carbocycles. The molecular weight excluding hydrogens is 260 g/mol. The highest BCUT2D eigenvalue weighted by Gasteiger charge is 2.06. The number of amides is 1. The van der Waals surface area contributed by atoms with Gasteiger partial charge >= 0.3 is 0 Å².